The molecule has 2 rings (SSSR count). The summed E-state index contributed by atoms with van der Waals surface area (Å²) in [6.07, 6.45) is 1.81. The number of thiazole rings is 1. The van der Waals surface area contributed by atoms with Gasteiger partial charge in [0.15, 0.2) is 5.13 Å². The molecule has 0 unspecified atom stereocenters. The van der Waals surface area contributed by atoms with Gasteiger partial charge in [0.05, 0.1) is 0 Å². The normalized spacial score (nSPS) is 11.1. The van der Waals surface area contributed by atoms with E-state index in [4.69, 9.17) is 28.9 Å². The average molecular weight is 302 g/mol. The van der Waals surface area contributed by atoms with E-state index in [1.807, 2.05) is 19.2 Å². The van der Waals surface area contributed by atoms with Crippen molar-refractivity contribution in [1.82, 2.24) is 9.88 Å². The average Bonchev–Trinajstić information content (AvgIpc) is 2.61. The molecule has 0 bridgehead atoms. The van der Waals surface area contributed by atoms with Gasteiger partial charge in [-0.1, -0.05) is 23.2 Å². The summed E-state index contributed by atoms with van der Waals surface area (Å²) in [5.74, 6) is 0. The fraction of sp³-hybridized carbons (Fsp3) is 0.250. The third kappa shape index (κ3) is 3.85. The van der Waals surface area contributed by atoms with Gasteiger partial charge in [0.1, 0.15) is 0 Å². The summed E-state index contributed by atoms with van der Waals surface area (Å²) in [5.41, 5.74) is 6.69. The molecule has 18 heavy (non-hydrogen) atoms. The molecule has 3 nitrogen and oxygen atoms in total. The number of hydrogen-bond acceptors (Lipinski definition) is 4. The van der Waals surface area contributed by atoms with Crippen LogP contribution >= 0.6 is 34.5 Å². The smallest absolute Gasteiger partial charge is 0.180 e. The Labute approximate surface area is 120 Å². The molecule has 0 saturated carbocycles. The summed E-state index contributed by atoms with van der Waals surface area (Å²) in [6, 6.07) is 5.58. The van der Waals surface area contributed by atoms with Crippen LogP contribution in [-0.2, 0) is 13.1 Å². The number of rotatable bonds is 4. The molecule has 2 aromatic rings. The van der Waals surface area contributed by atoms with E-state index < -0.39 is 0 Å². The van der Waals surface area contributed by atoms with Crippen LogP contribution in [0.5, 0.6) is 0 Å². The third-order valence-corrected chi connectivity index (χ3v) is 3.62. The van der Waals surface area contributed by atoms with Crippen LogP contribution in [0.3, 0.4) is 0 Å². The van der Waals surface area contributed by atoms with Crippen LogP contribution in [0.25, 0.3) is 0 Å². The summed E-state index contributed by atoms with van der Waals surface area (Å²) in [5, 5.41) is 1.92. The summed E-state index contributed by atoms with van der Waals surface area (Å²) in [4.78, 5) is 7.34. The molecule has 1 aromatic carbocycles. The molecule has 0 radical (unpaired) electrons. The Morgan fingerprint density at radius 3 is 2.44 bits per heavy atom. The van der Waals surface area contributed by atoms with Crippen LogP contribution in [0.15, 0.2) is 24.4 Å². The topological polar surface area (TPSA) is 42.2 Å². The van der Waals surface area contributed by atoms with Crippen molar-refractivity contribution >= 4 is 39.7 Å². The molecule has 0 fully saturated rings. The van der Waals surface area contributed by atoms with Gasteiger partial charge in [0.25, 0.3) is 0 Å². The maximum atomic E-state index is 5.97. The first-order valence-electron chi connectivity index (χ1n) is 5.36. The SMILES string of the molecule is CN(Cc1cc(Cl)cc(Cl)c1)Cc1cnc(N)s1. The highest BCUT2D eigenvalue weighted by Gasteiger charge is 2.06. The minimum Gasteiger partial charge on any atom is -0.375 e. The monoisotopic (exact) mass is 301 g/mol. The van der Waals surface area contributed by atoms with Gasteiger partial charge in [0, 0.05) is 34.2 Å². The van der Waals surface area contributed by atoms with Crippen molar-refractivity contribution in [2.75, 3.05) is 12.8 Å². The van der Waals surface area contributed by atoms with E-state index in [-0.39, 0.29) is 0 Å². The third-order valence-electron chi connectivity index (χ3n) is 2.37. The van der Waals surface area contributed by atoms with E-state index >= 15 is 0 Å². The lowest BCUT2D eigenvalue weighted by Crippen LogP contribution is -2.16. The summed E-state index contributed by atoms with van der Waals surface area (Å²) < 4.78 is 0. The molecule has 1 heterocycles. The lowest BCUT2D eigenvalue weighted by Gasteiger charge is -2.15. The van der Waals surface area contributed by atoms with Gasteiger partial charge in [-0.15, -0.1) is 11.3 Å². The van der Waals surface area contributed by atoms with Gasteiger partial charge in [-0.3, -0.25) is 4.90 Å². The highest BCUT2D eigenvalue weighted by molar-refractivity contribution is 7.15. The number of halogens is 2. The highest BCUT2D eigenvalue weighted by atomic mass is 35.5. The predicted molar refractivity (Wildman–Crippen MR) is 78.2 cm³/mol. The molecule has 0 atom stereocenters. The van der Waals surface area contributed by atoms with Gasteiger partial charge >= 0.3 is 0 Å². The highest BCUT2D eigenvalue weighted by Crippen LogP contribution is 2.21. The second-order valence-electron chi connectivity index (χ2n) is 4.11. The van der Waals surface area contributed by atoms with Crippen molar-refractivity contribution in [2.45, 2.75) is 13.1 Å². The largest absolute Gasteiger partial charge is 0.375 e. The molecule has 96 valence electrons. The number of aromatic nitrogens is 1. The Kier molecular flexibility index (Phi) is 4.45. The molecular weight excluding hydrogens is 289 g/mol. The van der Waals surface area contributed by atoms with Crippen LogP contribution in [0.4, 0.5) is 5.13 Å². The van der Waals surface area contributed by atoms with Crippen LogP contribution < -0.4 is 5.73 Å². The summed E-state index contributed by atoms with van der Waals surface area (Å²) >= 11 is 13.4. The fourth-order valence-electron chi connectivity index (χ4n) is 1.73. The first kappa shape index (κ1) is 13.6. The van der Waals surface area contributed by atoms with E-state index in [0.717, 1.165) is 23.5 Å². The van der Waals surface area contributed by atoms with E-state index in [2.05, 4.69) is 9.88 Å². The second-order valence-corrected chi connectivity index (χ2v) is 6.13. The van der Waals surface area contributed by atoms with E-state index in [9.17, 15) is 0 Å². The predicted octanol–water partition coefficient (Wildman–Crippen LogP) is 3.66. The Bertz CT molecular complexity index is 522. The number of nitrogens with two attached hydrogens (primary N) is 1. The minimum atomic E-state index is 0.601. The number of hydrogen-bond donors (Lipinski definition) is 1. The van der Waals surface area contributed by atoms with Crippen LogP contribution in [0, 0.1) is 0 Å². The number of benzene rings is 1. The Hall–Kier alpha value is -0.810. The van der Waals surface area contributed by atoms with Crippen LogP contribution in [-0.4, -0.2) is 16.9 Å². The molecule has 2 N–H and O–H groups in total. The zero-order valence-electron chi connectivity index (χ0n) is 9.86. The van der Waals surface area contributed by atoms with E-state index in [1.165, 1.54) is 11.3 Å². The van der Waals surface area contributed by atoms with Gasteiger partial charge < -0.3 is 5.73 Å². The Balaban J connectivity index is 2.00. The zero-order chi connectivity index (χ0) is 13.1. The van der Waals surface area contributed by atoms with Crippen molar-refractivity contribution in [3.05, 3.63) is 44.9 Å². The Morgan fingerprint density at radius 2 is 1.89 bits per heavy atom. The second kappa shape index (κ2) is 5.89. The zero-order valence-corrected chi connectivity index (χ0v) is 12.2. The van der Waals surface area contributed by atoms with Gasteiger partial charge in [-0.25, -0.2) is 4.98 Å². The minimum absolute atomic E-state index is 0.601. The molecule has 0 saturated heterocycles. The molecule has 0 aliphatic carbocycles. The maximum absolute atomic E-state index is 5.97. The van der Waals surface area contributed by atoms with Crippen molar-refractivity contribution in [1.29, 1.82) is 0 Å². The van der Waals surface area contributed by atoms with Gasteiger partial charge in [0.2, 0.25) is 0 Å². The van der Waals surface area contributed by atoms with Crippen molar-refractivity contribution in [3.8, 4) is 0 Å². The molecular formula is C12H13Cl2N3S. The molecule has 0 spiro atoms. The van der Waals surface area contributed by atoms with E-state index in [1.54, 1.807) is 12.3 Å². The molecule has 6 heteroatoms. The van der Waals surface area contributed by atoms with Crippen molar-refractivity contribution < 1.29 is 0 Å². The first-order valence-corrected chi connectivity index (χ1v) is 6.94. The number of nitrogens with zero attached hydrogens (tertiary/aromatic N) is 2. The van der Waals surface area contributed by atoms with Gasteiger partial charge in [-0.2, -0.15) is 0 Å². The van der Waals surface area contributed by atoms with Crippen molar-refractivity contribution in [3.63, 3.8) is 0 Å². The quantitative estimate of drug-likeness (QED) is 0.937. The molecule has 0 aliphatic heterocycles. The van der Waals surface area contributed by atoms with Gasteiger partial charge in [-0.05, 0) is 30.8 Å². The molecule has 0 aliphatic rings. The lowest BCUT2D eigenvalue weighted by molar-refractivity contribution is 0.322. The lowest BCUT2D eigenvalue weighted by atomic mass is 10.2. The van der Waals surface area contributed by atoms with Crippen LogP contribution in [0.2, 0.25) is 10.0 Å². The molecule has 0 amide bonds. The Morgan fingerprint density at radius 1 is 1.22 bits per heavy atom. The maximum Gasteiger partial charge on any atom is 0.180 e. The number of nitrogen functional groups attached to an aromatic ring is 1. The summed E-state index contributed by atoms with van der Waals surface area (Å²) in [6.45, 7) is 1.58. The first-order chi connectivity index (χ1) is 8.52. The number of anilines is 1. The van der Waals surface area contributed by atoms with Crippen molar-refractivity contribution in [2.24, 2.45) is 0 Å². The van der Waals surface area contributed by atoms with E-state index in [0.29, 0.717) is 15.2 Å². The van der Waals surface area contributed by atoms with Crippen LogP contribution in [0.1, 0.15) is 10.4 Å². The molecule has 1 aromatic heterocycles. The fourth-order valence-corrected chi connectivity index (χ4v) is 3.07. The summed E-state index contributed by atoms with van der Waals surface area (Å²) in [7, 11) is 2.03. The standard InChI is InChI=1S/C12H13Cl2N3S/c1-17(7-11-5-16-12(15)18-11)6-8-2-9(13)4-10(14)3-8/h2-5H,6-7H2,1H3,(H2,15,16).